The summed E-state index contributed by atoms with van der Waals surface area (Å²) >= 11 is 0. The maximum atomic E-state index is 12.3. The van der Waals surface area contributed by atoms with Crippen LogP contribution in [0, 0.1) is 5.41 Å². The van der Waals surface area contributed by atoms with Crippen LogP contribution >= 0.6 is 0 Å². The van der Waals surface area contributed by atoms with E-state index in [-0.39, 0.29) is 35.0 Å². The smallest absolute Gasteiger partial charge is 0.371 e. The van der Waals surface area contributed by atoms with Gasteiger partial charge in [0.25, 0.3) is 5.91 Å². The second-order valence-electron chi connectivity index (χ2n) is 6.02. The Hall–Kier alpha value is -1.86. The van der Waals surface area contributed by atoms with Crippen molar-refractivity contribution in [1.82, 2.24) is 5.32 Å². The summed E-state index contributed by atoms with van der Waals surface area (Å²) in [5.41, 5.74) is -0.0911. The van der Waals surface area contributed by atoms with Gasteiger partial charge in [-0.3, -0.25) is 4.79 Å². The standard InChI is InChI=1S/C16H21NO6/c1-2-22-13-9-12(16(13)5-7-21-8-6-16)17-14(18)10-3-4-11(23-10)15(19)20/h3-4,12-13H,2,5-9H2,1H3,(H,17,18)(H,19,20)/t12-,13-/m1/s1. The summed E-state index contributed by atoms with van der Waals surface area (Å²) in [6, 6.07) is 2.66. The fourth-order valence-electron chi connectivity index (χ4n) is 3.61. The van der Waals surface area contributed by atoms with Crippen molar-refractivity contribution < 1.29 is 28.6 Å². The topological polar surface area (TPSA) is 98.0 Å². The molecule has 0 unspecified atom stereocenters. The predicted octanol–water partition coefficient (Wildman–Crippen LogP) is 1.68. The lowest BCUT2D eigenvalue weighted by atomic mass is 9.57. The van der Waals surface area contributed by atoms with Gasteiger partial charge in [-0.1, -0.05) is 0 Å². The quantitative estimate of drug-likeness (QED) is 0.855. The Morgan fingerprint density at radius 1 is 1.35 bits per heavy atom. The molecule has 2 heterocycles. The monoisotopic (exact) mass is 323 g/mol. The van der Waals surface area contributed by atoms with Crippen LogP contribution in [0.3, 0.4) is 0 Å². The minimum atomic E-state index is -1.19. The van der Waals surface area contributed by atoms with Gasteiger partial charge < -0.3 is 24.3 Å². The number of rotatable bonds is 5. The van der Waals surface area contributed by atoms with Crippen LogP contribution in [0.15, 0.2) is 16.5 Å². The first-order chi connectivity index (χ1) is 11.1. The molecule has 126 valence electrons. The van der Waals surface area contributed by atoms with Gasteiger partial charge in [-0.15, -0.1) is 0 Å². The Balaban J connectivity index is 1.68. The number of amides is 1. The third-order valence-electron chi connectivity index (χ3n) is 4.92. The number of carbonyl (C=O) groups excluding carboxylic acids is 1. The van der Waals surface area contributed by atoms with Gasteiger partial charge in [0.2, 0.25) is 5.76 Å². The summed E-state index contributed by atoms with van der Waals surface area (Å²) < 4.78 is 16.3. The number of ether oxygens (including phenoxy) is 2. The lowest BCUT2D eigenvalue weighted by Crippen LogP contribution is -2.66. The van der Waals surface area contributed by atoms with Gasteiger partial charge in [0.05, 0.1) is 6.10 Å². The Labute approximate surface area is 133 Å². The highest BCUT2D eigenvalue weighted by Gasteiger charge is 2.56. The number of hydrogen-bond donors (Lipinski definition) is 2. The van der Waals surface area contributed by atoms with E-state index in [4.69, 9.17) is 19.0 Å². The second-order valence-corrected chi connectivity index (χ2v) is 6.02. The van der Waals surface area contributed by atoms with Crippen LogP contribution in [0.1, 0.15) is 47.3 Å². The molecule has 1 saturated heterocycles. The number of aromatic carboxylic acids is 1. The van der Waals surface area contributed by atoms with E-state index in [2.05, 4.69) is 5.32 Å². The average Bonchev–Trinajstić information content (AvgIpc) is 3.05. The fraction of sp³-hybridized carbons (Fsp3) is 0.625. The van der Waals surface area contributed by atoms with Crippen molar-refractivity contribution in [2.24, 2.45) is 5.41 Å². The van der Waals surface area contributed by atoms with Crippen LogP contribution in [-0.4, -0.2) is 48.9 Å². The molecule has 1 spiro atoms. The summed E-state index contributed by atoms with van der Waals surface area (Å²) in [6.45, 7) is 3.95. The molecule has 1 aliphatic heterocycles. The Bertz CT molecular complexity index is 589. The zero-order chi connectivity index (χ0) is 16.4. The molecule has 1 saturated carbocycles. The van der Waals surface area contributed by atoms with E-state index >= 15 is 0 Å². The van der Waals surface area contributed by atoms with E-state index in [9.17, 15) is 9.59 Å². The van der Waals surface area contributed by atoms with Crippen LogP contribution in [0.25, 0.3) is 0 Å². The van der Waals surface area contributed by atoms with Gasteiger partial charge in [0, 0.05) is 31.3 Å². The normalized spacial score (nSPS) is 25.8. The van der Waals surface area contributed by atoms with E-state index in [1.807, 2.05) is 6.92 Å². The van der Waals surface area contributed by atoms with Gasteiger partial charge >= 0.3 is 5.97 Å². The molecule has 3 rings (SSSR count). The lowest BCUT2D eigenvalue weighted by Gasteiger charge is -2.57. The molecule has 2 atom stereocenters. The summed E-state index contributed by atoms with van der Waals surface area (Å²) in [7, 11) is 0. The van der Waals surface area contributed by atoms with Gasteiger partial charge in [-0.05, 0) is 38.3 Å². The SMILES string of the molecule is CCO[C@@H]1C[C@@H](NC(=O)c2ccc(C(=O)O)o2)C12CCOCC2. The molecule has 0 radical (unpaired) electrons. The molecule has 1 aliphatic carbocycles. The molecule has 23 heavy (non-hydrogen) atoms. The van der Waals surface area contributed by atoms with E-state index in [0.29, 0.717) is 19.8 Å². The van der Waals surface area contributed by atoms with Crippen molar-refractivity contribution in [3.63, 3.8) is 0 Å². The van der Waals surface area contributed by atoms with E-state index in [1.54, 1.807) is 0 Å². The van der Waals surface area contributed by atoms with Crippen LogP contribution in [0.5, 0.6) is 0 Å². The molecular formula is C16H21NO6. The van der Waals surface area contributed by atoms with Gasteiger partial charge in [-0.2, -0.15) is 0 Å². The number of hydrogen-bond acceptors (Lipinski definition) is 5. The summed E-state index contributed by atoms with van der Waals surface area (Å²) in [6.07, 6.45) is 2.59. The largest absolute Gasteiger partial charge is 0.475 e. The lowest BCUT2D eigenvalue weighted by molar-refractivity contribution is -0.170. The van der Waals surface area contributed by atoms with E-state index < -0.39 is 5.97 Å². The maximum absolute atomic E-state index is 12.3. The first-order valence-electron chi connectivity index (χ1n) is 7.90. The molecule has 7 nitrogen and oxygen atoms in total. The zero-order valence-corrected chi connectivity index (χ0v) is 13.0. The van der Waals surface area contributed by atoms with Crippen LogP contribution < -0.4 is 5.32 Å². The molecule has 1 amide bonds. The molecule has 2 N–H and O–H groups in total. The fourth-order valence-corrected chi connectivity index (χ4v) is 3.61. The molecule has 1 aromatic heterocycles. The van der Waals surface area contributed by atoms with Gasteiger partial charge in [0.15, 0.2) is 5.76 Å². The number of carbonyl (C=O) groups is 2. The number of carboxylic acids is 1. The van der Waals surface area contributed by atoms with Crippen molar-refractivity contribution >= 4 is 11.9 Å². The van der Waals surface area contributed by atoms with Crippen molar-refractivity contribution in [3.05, 3.63) is 23.7 Å². The van der Waals surface area contributed by atoms with Crippen molar-refractivity contribution in [2.45, 2.75) is 38.3 Å². The van der Waals surface area contributed by atoms with E-state index in [0.717, 1.165) is 19.3 Å². The minimum Gasteiger partial charge on any atom is -0.475 e. The first kappa shape index (κ1) is 16.0. The maximum Gasteiger partial charge on any atom is 0.371 e. The highest BCUT2D eigenvalue weighted by molar-refractivity contribution is 5.93. The molecule has 0 bridgehead atoms. The molecule has 0 aromatic carbocycles. The van der Waals surface area contributed by atoms with Crippen molar-refractivity contribution in [3.8, 4) is 0 Å². The van der Waals surface area contributed by atoms with Gasteiger partial charge in [0.1, 0.15) is 0 Å². The molecule has 1 aromatic rings. The van der Waals surface area contributed by atoms with Crippen molar-refractivity contribution in [2.75, 3.05) is 19.8 Å². The highest BCUT2D eigenvalue weighted by atomic mass is 16.5. The molecule has 7 heteroatoms. The molecule has 2 aliphatic rings. The summed E-state index contributed by atoms with van der Waals surface area (Å²) in [4.78, 5) is 23.1. The number of furan rings is 1. The molecule has 2 fully saturated rings. The second kappa shape index (κ2) is 6.33. The Morgan fingerprint density at radius 2 is 2.04 bits per heavy atom. The first-order valence-corrected chi connectivity index (χ1v) is 7.90. The van der Waals surface area contributed by atoms with Crippen molar-refractivity contribution in [1.29, 1.82) is 0 Å². The van der Waals surface area contributed by atoms with Crippen LogP contribution in [-0.2, 0) is 9.47 Å². The van der Waals surface area contributed by atoms with E-state index in [1.165, 1.54) is 12.1 Å². The zero-order valence-electron chi connectivity index (χ0n) is 13.0. The average molecular weight is 323 g/mol. The summed E-state index contributed by atoms with van der Waals surface area (Å²) in [5, 5.41) is 11.8. The third kappa shape index (κ3) is 2.86. The predicted molar refractivity (Wildman–Crippen MR) is 79.4 cm³/mol. The number of nitrogens with one attached hydrogen (secondary N) is 1. The van der Waals surface area contributed by atoms with Gasteiger partial charge in [-0.25, -0.2) is 4.79 Å². The Kier molecular flexibility index (Phi) is 4.41. The number of carboxylic acid groups (broad SMARTS) is 1. The van der Waals surface area contributed by atoms with Crippen LogP contribution in [0.4, 0.5) is 0 Å². The highest BCUT2D eigenvalue weighted by Crippen LogP contribution is 2.50. The Morgan fingerprint density at radius 3 is 2.65 bits per heavy atom. The minimum absolute atomic E-state index is 0.00571. The third-order valence-corrected chi connectivity index (χ3v) is 4.92. The molecular weight excluding hydrogens is 302 g/mol. The summed E-state index contributed by atoms with van der Waals surface area (Å²) in [5.74, 6) is -1.80. The van der Waals surface area contributed by atoms with Crippen LogP contribution in [0.2, 0.25) is 0 Å².